The molecule has 23 heavy (non-hydrogen) atoms. The van der Waals surface area contributed by atoms with E-state index in [1.807, 2.05) is 0 Å². The van der Waals surface area contributed by atoms with Gasteiger partial charge in [-0.15, -0.1) is 0 Å². The Kier molecular flexibility index (Phi) is 5.56. The number of hydrogen-bond donors (Lipinski definition) is 3. The van der Waals surface area contributed by atoms with Crippen molar-refractivity contribution in [1.82, 2.24) is 10.6 Å². The van der Waals surface area contributed by atoms with Crippen LogP contribution < -0.4 is 20.9 Å². The van der Waals surface area contributed by atoms with E-state index in [4.69, 9.17) is 0 Å². The normalized spacial score (nSPS) is 17.7. The molecule has 7 nitrogen and oxygen atoms in total. The maximum Gasteiger partial charge on any atom is 0.319 e. The lowest BCUT2D eigenvalue weighted by atomic mass is 10.1. The highest BCUT2D eigenvalue weighted by molar-refractivity contribution is 5.94. The summed E-state index contributed by atoms with van der Waals surface area (Å²) in [5.41, 5.74) is 1.34. The van der Waals surface area contributed by atoms with E-state index in [2.05, 4.69) is 16.0 Å². The summed E-state index contributed by atoms with van der Waals surface area (Å²) in [5.74, 6) is -0.209. The molecule has 7 heteroatoms. The molecule has 4 amide bonds. The molecule has 1 fully saturated rings. The number of hydrogen-bond acceptors (Lipinski definition) is 3. The molecular formula is C16H22N4O3. The van der Waals surface area contributed by atoms with E-state index >= 15 is 0 Å². The van der Waals surface area contributed by atoms with E-state index in [0.29, 0.717) is 18.7 Å². The Labute approximate surface area is 135 Å². The molecule has 3 N–H and O–H groups in total. The third-order valence-corrected chi connectivity index (χ3v) is 3.83. The molecule has 1 aromatic carbocycles. The first kappa shape index (κ1) is 16.8. The fourth-order valence-corrected chi connectivity index (χ4v) is 2.35. The van der Waals surface area contributed by atoms with Crippen LogP contribution in [0.2, 0.25) is 0 Å². The number of carbonyl (C=O) groups is 3. The monoisotopic (exact) mass is 318 g/mol. The van der Waals surface area contributed by atoms with Crippen LogP contribution in [0.5, 0.6) is 0 Å². The minimum Gasteiger partial charge on any atom is -0.354 e. The molecule has 0 saturated carbocycles. The summed E-state index contributed by atoms with van der Waals surface area (Å²) in [6, 6.07) is 5.99. The molecule has 1 heterocycles. The van der Waals surface area contributed by atoms with Gasteiger partial charge >= 0.3 is 6.03 Å². The Hall–Kier alpha value is -2.57. The molecule has 0 spiro atoms. The number of nitrogens with zero attached hydrogens (tertiary/aromatic N) is 1. The van der Waals surface area contributed by atoms with E-state index in [1.165, 1.54) is 11.8 Å². The van der Waals surface area contributed by atoms with Crippen molar-refractivity contribution in [3.8, 4) is 0 Å². The van der Waals surface area contributed by atoms with E-state index < -0.39 is 12.1 Å². The van der Waals surface area contributed by atoms with Gasteiger partial charge in [-0.25, -0.2) is 4.79 Å². The van der Waals surface area contributed by atoms with Crippen molar-refractivity contribution in [1.29, 1.82) is 0 Å². The fourth-order valence-electron chi connectivity index (χ4n) is 2.35. The largest absolute Gasteiger partial charge is 0.354 e. The minimum atomic E-state index is -0.499. The lowest BCUT2D eigenvalue weighted by Crippen LogP contribution is -2.47. The van der Waals surface area contributed by atoms with Gasteiger partial charge in [0.15, 0.2) is 0 Å². The lowest BCUT2D eigenvalue weighted by Gasteiger charge is -2.17. The summed E-state index contributed by atoms with van der Waals surface area (Å²) in [5, 5.41) is 8.15. The molecule has 1 atom stereocenters. The Balaban J connectivity index is 1.92. The van der Waals surface area contributed by atoms with Crippen molar-refractivity contribution >= 4 is 29.2 Å². The molecule has 0 radical (unpaired) electrons. The molecule has 0 unspecified atom stereocenters. The van der Waals surface area contributed by atoms with Crippen LogP contribution in [0.3, 0.4) is 0 Å². The third-order valence-electron chi connectivity index (χ3n) is 3.83. The van der Waals surface area contributed by atoms with Crippen LogP contribution in [0, 0.1) is 0 Å². The standard InChI is InChI=1S/C16H22N4O3/c1-11(21)20(2)13-8-6-12(7-9-13)18-16(23)19-14-5-3-4-10-17-15(14)22/h6-9,14H,3-5,10H2,1-2H3,(H,17,22)(H2,18,19,23)/t14-/m0/s1. The minimum absolute atomic E-state index is 0.0668. The van der Waals surface area contributed by atoms with Gasteiger partial charge < -0.3 is 20.9 Å². The summed E-state index contributed by atoms with van der Waals surface area (Å²) in [6.45, 7) is 2.14. The van der Waals surface area contributed by atoms with Crippen LogP contribution in [0.25, 0.3) is 0 Å². The molecule has 124 valence electrons. The zero-order valence-corrected chi connectivity index (χ0v) is 13.4. The number of benzene rings is 1. The quantitative estimate of drug-likeness (QED) is 0.788. The zero-order valence-electron chi connectivity index (χ0n) is 13.4. The summed E-state index contributed by atoms with van der Waals surface area (Å²) in [6.07, 6.45) is 2.47. The number of amides is 4. The average molecular weight is 318 g/mol. The maximum absolute atomic E-state index is 12.0. The van der Waals surface area contributed by atoms with Crippen LogP contribution >= 0.6 is 0 Å². The van der Waals surface area contributed by atoms with Crippen molar-refractivity contribution in [2.45, 2.75) is 32.2 Å². The van der Waals surface area contributed by atoms with Gasteiger partial charge in [0.1, 0.15) is 6.04 Å². The highest BCUT2D eigenvalue weighted by Gasteiger charge is 2.22. The summed E-state index contributed by atoms with van der Waals surface area (Å²) in [7, 11) is 1.68. The molecule has 0 aromatic heterocycles. The second kappa shape index (κ2) is 7.62. The second-order valence-corrected chi connectivity index (χ2v) is 5.56. The van der Waals surface area contributed by atoms with Crippen molar-refractivity contribution in [2.24, 2.45) is 0 Å². The Morgan fingerprint density at radius 1 is 1.22 bits per heavy atom. The lowest BCUT2D eigenvalue weighted by molar-refractivity contribution is -0.122. The molecule has 1 aromatic rings. The number of nitrogens with one attached hydrogen (secondary N) is 3. The van der Waals surface area contributed by atoms with Crippen LogP contribution in [-0.4, -0.2) is 37.5 Å². The van der Waals surface area contributed by atoms with Gasteiger partial charge in [0.05, 0.1) is 0 Å². The van der Waals surface area contributed by atoms with E-state index in [-0.39, 0.29) is 11.8 Å². The fraction of sp³-hybridized carbons (Fsp3) is 0.438. The van der Waals surface area contributed by atoms with Gasteiger partial charge in [-0.3, -0.25) is 9.59 Å². The first-order chi connectivity index (χ1) is 11.0. The van der Waals surface area contributed by atoms with Crippen molar-refractivity contribution in [3.63, 3.8) is 0 Å². The van der Waals surface area contributed by atoms with E-state index in [0.717, 1.165) is 18.5 Å². The Bertz CT molecular complexity index is 585. The highest BCUT2D eigenvalue weighted by atomic mass is 16.2. The summed E-state index contributed by atoms with van der Waals surface area (Å²) >= 11 is 0. The third kappa shape index (κ3) is 4.70. The smallest absolute Gasteiger partial charge is 0.319 e. The SMILES string of the molecule is CC(=O)N(C)c1ccc(NC(=O)N[C@H]2CCCCNC2=O)cc1. The van der Waals surface area contributed by atoms with E-state index in [9.17, 15) is 14.4 Å². The van der Waals surface area contributed by atoms with Gasteiger partial charge in [-0.05, 0) is 43.5 Å². The summed E-state index contributed by atoms with van der Waals surface area (Å²) < 4.78 is 0. The van der Waals surface area contributed by atoms with Crippen LogP contribution in [-0.2, 0) is 9.59 Å². The highest BCUT2D eigenvalue weighted by Crippen LogP contribution is 2.17. The van der Waals surface area contributed by atoms with Crippen LogP contribution in [0.1, 0.15) is 26.2 Å². The average Bonchev–Trinajstić information content (AvgIpc) is 2.72. The molecule has 0 bridgehead atoms. The maximum atomic E-state index is 12.0. The van der Waals surface area contributed by atoms with Crippen molar-refractivity contribution < 1.29 is 14.4 Å². The summed E-state index contributed by atoms with van der Waals surface area (Å²) in [4.78, 5) is 36.6. The number of urea groups is 1. The Morgan fingerprint density at radius 2 is 1.91 bits per heavy atom. The van der Waals surface area contributed by atoms with Gasteiger partial charge in [0.2, 0.25) is 11.8 Å². The van der Waals surface area contributed by atoms with Crippen molar-refractivity contribution in [2.75, 3.05) is 23.8 Å². The molecule has 2 rings (SSSR count). The molecule has 1 saturated heterocycles. The van der Waals surface area contributed by atoms with Gasteiger partial charge in [-0.2, -0.15) is 0 Å². The van der Waals surface area contributed by atoms with Gasteiger partial charge in [0.25, 0.3) is 0 Å². The predicted molar refractivity (Wildman–Crippen MR) is 88.3 cm³/mol. The Morgan fingerprint density at radius 3 is 2.57 bits per heavy atom. The molecule has 0 aliphatic carbocycles. The molecular weight excluding hydrogens is 296 g/mol. The second-order valence-electron chi connectivity index (χ2n) is 5.56. The zero-order chi connectivity index (χ0) is 16.8. The number of anilines is 2. The van der Waals surface area contributed by atoms with Gasteiger partial charge in [0, 0.05) is 31.9 Å². The van der Waals surface area contributed by atoms with Crippen molar-refractivity contribution in [3.05, 3.63) is 24.3 Å². The molecule has 1 aliphatic heterocycles. The number of carbonyl (C=O) groups excluding carboxylic acids is 3. The topological polar surface area (TPSA) is 90.5 Å². The van der Waals surface area contributed by atoms with Crippen LogP contribution in [0.15, 0.2) is 24.3 Å². The van der Waals surface area contributed by atoms with Crippen LogP contribution in [0.4, 0.5) is 16.2 Å². The first-order valence-corrected chi connectivity index (χ1v) is 7.67. The molecule has 1 aliphatic rings. The predicted octanol–water partition coefficient (Wildman–Crippen LogP) is 1.46. The first-order valence-electron chi connectivity index (χ1n) is 7.67. The van der Waals surface area contributed by atoms with Gasteiger partial charge in [-0.1, -0.05) is 0 Å². The number of rotatable bonds is 3. The van der Waals surface area contributed by atoms with E-state index in [1.54, 1.807) is 31.3 Å².